The highest BCUT2D eigenvalue weighted by molar-refractivity contribution is 14.1. The topological polar surface area (TPSA) is 29.1 Å². The standard InChI is InChI=1S/C12H15ClINO/c1-4-12(2,3)11(16)15-10-6-5-8(13)7-9(10)14/h5-7H,4H2,1-3H3,(H,15,16). The molecule has 1 N–H and O–H groups in total. The van der Waals surface area contributed by atoms with E-state index in [1.807, 2.05) is 32.9 Å². The van der Waals surface area contributed by atoms with Crippen molar-refractivity contribution in [2.45, 2.75) is 27.2 Å². The number of amides is 1. The summed E-state index contributed by atoms with van der Waals surface area (Å²) in [5.74, 6) is 0.0373. The molecule has 0 radical (unpaired) electrons. The van der Waals surface area contributed by atoms with Crippen molar-refractivity contribution < 1.29 is 4.79 Å². The summed E-state index contributed by atoms with van der Waals surface area (Å²) in [4.78, 5) is 12.0. The van der Waals surface area contributed by atoms with E-state index >= 15 is 0 Å². The van der Waals surface area contributed by atoms with Crippen molar-refractivity contribution in [2.75, 3.05) is 5.32 Å². The first-order valence-corrected chi connectivity index (χ1v) is 6.59. The molecule has 0 aromatic heterocycles. The van der Waals surface area contributed by atoms with Crippen LogP contribution in [0.5, 0.6) is 0 Å². The molecule has 0 aliphatic carbocycles. The smallest absolute Gasteiger partial charge is 0.230 e. The number of halogens is 2. The van der Waals surface area contributed by atoms with E-state index in [1.54, 1.807) is 6.07 Å². The predicted molar refractivity (Wildman–Crippen MR) is 76.9 cm³/mol. The monoisotopic (exact) mass is 351 g/mol. The van der Waals surface area contributed by atoms with Gasteiger partial charge in [0.25, 0.3) is 0 Å². The highest BCUT2D eigenvalue weighted by Crippen LogP contribution is 2.26. The summed E-state index contributed by atoms with van der Waals surface area (Å²) in [6.07, 6.45) is 0.809. The molecule has 88 valence electrons. The molecule has 4 heteroatoms. The minimum atomic E-state index is -0.345. The third-order valence-corrected chi connectivity index (χ3v) is 3.81. The third kappa shape index (κ3) is 3.35. The Bertz CT molecular complexity index is 404. The molecule has 0 unspecified atom stereocenters. The Kier molecular flexibility index (Phi) is 4.62. The summed E-state index contributed by atoms with van der Waals surface area (Å²) in [6.45, 7) is 5.88. The van der Waals surface area contributed by atoms with E-state index in [-0.39, 0.29) is 11.3 Å². The predicted octanol–water partition coefficient (Wildman–Crippen LogP) is 4.32. The zero-order chi connectivity index (χ0) is 12.3. The van der Waals surface area contributed by atoms with Crippen molar-refractivity contribution >= 4 is 45.8 Å². The van der Waals surface area contributed by atoms with E-state index in [1.165, 1.54) is 0 Å². The second-order valence-corrected chi connectivity index (χ2v) is 5.91. The fraction of sp³-hybridized carbons (Fsp3) is 0.417. The molecule has 0 fully saturated rings. The van der Waals surface area contributed by atoms with Crippen molar-refractivity contribution in [1.29, 1.82) is 0 Å². The molecule has 1 amide bonds. The molecule has 0 spiro atoms. The van der Waals surface area contributed by atoms with E-state index < -0.39 is 0 Å². The summed E-state index contributed by atoms with van der Waals surface area (Å²) in [5, 5.41) is 3.60. The van der Waals surface area contributed by atoms with Crippen molar-refractivity contribution in [3.05, 3.63) is 26.8 Å². The highest BCUT2D eigenvalue weighted by atomic mass is 127. The molecule has 0 saturated carbocycles. The van der Waals surface area contributed by atoms with Gasteiger partial charge in [-0.05, 0) is 47.2 Å². The van der Waals surface area contributed by atoms with Crippen LogP contribution in [0.15, 0.2) is 18.2 Å². The van der Waals surface area contributed by atoms with Crippen molar-refractivity contribution in [3.63, 3.8) is 0 Å². The Morgan fingerprint density at radius 1 is 1.50 bits per heavy atom. The van der Waals surface area contributed by atoms with Gasteiger partial charge in [-0.1, -0.05) is 32.4 Å². The van der Waals surface area contributed by atoms with Crippen LogP contribution >= 0.6 is 34.2 Å². The second-order valence-electron chi connectivity index (χ2n) is 4.32. The lowest BCUT2D eigenvalue weighted by Crippen LogP contribution is -2.30. The maximum Gasteiger partial charge on any atom is 0.230 e. The molecular formula is C12H15ClINO. The van der Waals surface area contributed by atoms with Gasteiger partial charge >= 0.3 is 0 Å². The first-order valence-electron chi connectivity index (χ1n) is 5.13. The van der Waals surface area contributed by atoms with E-state index in [0.717, 1.165) is 15.7 Å². The first kappa shape index (κ1) is 13.8. The SMILES string of the molecule is CCC(C)(C)C(=O)Nc1ccc(Cl)cc1I. The Morgan fingerprint density at radius 3 is 2.62 bits per heavy atom. The molecule has 1 rings (SSSR count). The van der Waals surface area contributed by atoms with Crippen LogP contribution < -0.4 is 5.32 Å². The lowest BCUT2D eigenvalue weighted by atomic mass is 9.89. The van der Waals surface area contributed by atoms with Gasteiger partial charge in [0.15, 0.2) is 0 Å². The van der Waals surface area contributed by atoms with Crippen LogP contribution in [-0.4, -0.2) is 5.91 Å². The van der Waals surface area contributed by atoms with Crippen molar-refractivity contribution in [2.24, 2.45) is 5.41 Å². The molecule has 16 heavy (non-hydrogen) atoms. The molecule has 0 aliphatic heterocycles. The van der Waals surface area contributed by atoms with Gasteiger partial charge in [0.1, 0.15) is 0 Å². The summed E-state index contributed by atoms with van der Waals surface area (Å²) in [5.41, 5.74) is 0.472. The van der Waals surface area contributed by atoms with Crippen molar-refractivity contribution in [1.82, 2.24) is 0 Å². The summed E-state index contributed by atoms with van der Waals surface area (Å²) in [6, 6.07) is 5.43. The number of hydrogen-bond donors (Lipinski definition) is 1. The van der Waals surface area contributed by atoms with Gasteiger partial charge in [-0.3, -0.25) is 4.79 Å². The van der Waals surface area contributed by atoms with Gasteiger partial charge in [-0.2, -0.15) is 0 Å². The van der Waals surface area contributed by atoms with Crippen LogP contribution in [0.3, 0.4) is 0 Å². The fourth-order valence-electron chi connectivity index (χ4n) is 1.04. The van der Waals surface area contributed by atoms with Gasteiger partial charge in [0, 0.05) is 14.0 Å². The number of carbonyl (C=O) groups is 1. The van der Waals surface area contributed by atoms with E-state index in [2.05, 4.69) is 27.9 Å². The van der Waals surface area contributed by atoms with Crippen LogP contribution in [0.25, 0.3) is 0 Å². The Morgan fingerprint density at radius 2 is 2.12 bits per heavy atom. The number of carbonyl (C=O) groups excluding carboxylic acids is 1. The normalized spacial score (nSPS) is 11.3. The Hall–Kier alpha value is -0.290. The number of nitrogens with one attached hydrogen (secondary N) is 1. The molecule has 1 aromatic rings. The van der Waals surface area contributed by atoms with Gasteiger partial charge < -0.3 is 5.32 Å². The summed E-state index contributed by atoms with van der Waals surface area (Å²) < 4.78 is 0.949. The zero-order valence-electron chi connectivity index (χ0n) is 9.60. The van der Waals surface area contributed by atoms with Crippen LogP contribution in [-0.2, 0) is 4.79 Å². The third-order valence-electron chi connectivity index (χ3n) is 2.68. The van der Waals surface area contributed by atoms with Crippen LogP contribution in [0.4, 0.5) is 5.69 Å². The Labute approximate surface area is 115 Å². The molecule has 0 heterocycles. The average molecular weight is 352 g/mol. The molecule has 2 nitrogen and oxygen atoms in total. The molecule has 0 bridgehead atoms. The largest absolute Gasteiger partial charge is 0.325 e. The lowest BCUT2D eigenvalue weighted by Gasteiger charge is -2.21. The highest BCUT2D eigenvalue weighted by Gasteiger charge is 2.25. The first-order chi connectivity index (χ1) is 7.36. The minimum absolute atomic E-state index is 0.0373. The summed E-state index contributed by atoms with van der Waals surface area (Å²) in [7, 11) is 0. The number of hydrogen-bond acceptors (Lipinski definition) is 1. The van der Waals surface area contributed by atoms with Gasteiger partial charge in [-0.25, -0.2) is 0 Å². The number of benzene rings is 1. The molecule has 0 atom stereocenters. The van der Waals surface area contributed by atoms with Crippen LogP contribution in [0.1, 0.15) is 27.2 Å². The zero-order valence-corrected chi connectivity index (χ0v) is 12.5. The quantitative estimate of drug-likeness (QED) is 0.807. The minimum Gasteiger partial charge on any atom is -0.325 e. The Balaban J connectivity index is 2.85. The average Bonchev–Trinajstić information content (AvgIpc) is 2.22. The van der Waals surface area contributed by atoms with Gasteiger partial charge in [0.2, 0.25) is 5.91 Å². The van der Waals surface area contributed by atoms with Crippen LogP contribution in [0, 0.1) is 8.99 Å². The lowest BCUT2D eigenvalue weighted by molar-refractivity contribution is -0.124. The van der Waals surface area contributed by atoms with Crippen molar-refractivity contribution in [3.8, 4) is 0 Å². The van der Waals surface area contributed by atoms with E-state index in [4.69, 9.17) is 11.6 Å². The number of anilines is 1. The number of rotatable bonds is 3. The van der Waals surface area contributed by atoms with Gasteiger partial charge in [0.05, 0.1) is 5.69 Å². The fourth-order valence-corrected chi connectivity index (χ4v) is 2.05. The molecule has 1 aromatic carbocycles. The maximum atomic E-state index is 12.0. The van der Waals surface area contributed by atoms with E-state index in [0.29, 0.717) is 5.02 Å². The second kappa shape index (κ2) is 5.36. The summed E-state index contributed by atoms with van der Waals surface area (Å²) >= 11 is 8.01. The molecular weight excluding hydrogens is 336 g/mol. The van der Waals surface area contributed by atoms with Gasteiger partial charge in [-0.15, -0.1) is 0 Å². The van der Waals surface area contributed by atoms with E-state index in [9.17, 15) is 4.79 Å². The van der Waals surface area contributed by atoms with Crippen LogP contribution in [0.2, 0.25) is 5.02 Å². The maximum absolute atomic E-state index is 12.0. The molecule has 0 aliphatic rings. The molecule has 0 saturated heterocycles.